The molecule has 44 valence electrons. The summed E-state index contributed by atoms with van der Waals surface area (Å²) in [7, 11) is -4.45. The molecule has 2 atom stereocenters. The zero-order chi connectivity index (χ0) is 7.65. The zero-order valence-electron chi connectivity index (χ0n) is 5.40. The molecule has 0 amide bonds. The Hall–Kier alpha value is -0.130. The zero-order valence-corrected chi connectivity index (χ0v) is 4.22. The first-order valence-corrected chi connectivity index (χ1v) is 2.92. The van der Waals surface area contributed by atoms with Gasteiger partial charge in [0.2, 0.25) is 0 Å². The highest BCUT2D eigenvalue weighted by molar-refractivity contribution is 7.85. The minimum Gasteiger partial charge on any atom is -0.329 e. The van der Waals surface area contributed by atoms with Crippen LogP contribution in [0.4, 0.5) is 0 Å². The fraction of sp³-hybridized carbons (Fsp3) is 1.00. The summed E-state index contributed by atoms with van der Waals surface area (Å²) in [6.45, 7) is -1.61. The smallest absolute Gasteiger partial charge is 0.266 e. The molecule has 0 aromatic rings. The molecular weight excluding hydrogens is 118 g/mol. The van der Waals surface area contributed by atoms with E-state index in [-0.39, 0.29) is 0 Å². The van der Waals surface area contributed by atoms with Crippen LogP contribution in [0, 0.1) is 0 Å². The van der Waals surface area contributed by atoms with Crippen LogP contribution in [0.5, 0.6) is 0 Å². The quantitative estimate of drug-likeness (QED) is 0.458. The molecular formula is C2H7NO3S. The highest BCUT2D eigenvalue weighted by Gasteiger charge is 1.98. The average molecular weight is 127 g/mol. The Kier molecular flexibility index (Phi) is 1.23. The standard InChI is InChI=1S/C2H7NO3S/c3-1-2-7(4,5)6/h1-3H2,(H,4,5,6)/i1D,2D. The van der Waals surface area contributed by atoms with Crippen LogP contribution in [0.1, 0.15) is 2.74 Å². The molecule has 0 fully saturated rings. The number of nitrogens with two attached hydrogens (primary N) is 1. The van der Waals surface area contributed by atoms with Crippen LogP contribution in [-0.2, 0) is 10.1 Å². The fourth-order valence-electron chi connectivity index (χ4n) is 0.0993. The van der Waals surface area contributed by atoms with Gasteiger partial charge < -0.3 is 5.73 Å². The Bertz CT molecular complexity index is 176. The molecule has 3 N–H and O–H groups in total. The second-order valence-electron chi connectivity index (χ2n) is 0.844. The topological polar surface area (TPSA) is 80.4 Å². The van der Waals surface area contributed by atoms with Crippen molar-refractivity contribution in [3.05, 3.63) is 0 Å². The summed E-state index contributed by atoms with van der Waals surface area (Å²) in [5.41, 5.74) is 2.70. The summed E-state index contributed by atoms with van der Waals surface area (Å²) in [5.74, 6) is 0. The summed E-state index contributed by atoms with van der Waals surface area (Å²) >= 11 is 0. The predicted molar refractivity (Wildman–Crippen MR) is 25.5 cm³/mol. The third-order valence-electron chi connectivity index (χ3n) is 0.251. The molecule has 0 bridgehead atoms. The van der Waals surface area contributed by atoms with Gasteiger partial charge in [0.1, 0.15) is 0 Å². The molecule has 4 nitrogen and oxygen atoms in total. The van der Waals surface area contributed by atoms with Crippen LogP contribution in [0.2, 0.25) is 0 Å². The van der Waals surface area contributed by atoms with Crippen molar-refractivity contribution in [1.82, 2.24) is 0 Å². The lowest BCUT2D eigenvalue weighted by Gasteiger charge is -1.86. The predicted octanol–water partition coefficient (Wildman–Crippen LogP) is -1.17. The van der Waals surface area contributed by atoms with Crippen LogP contribution < -0.4 is 5.73 Å². The van der Waals surface area contributed by atoms with Gasteiger partial charge in [0, 0.05) is 9.26 Å². The highest BCUT2D eigenvalue weighted by Crippen LogP contribution is 1.74. The Balaban J connectivity index is 4.24. The summed E-state index contributed by atoms with van der Waals surface area (Å²) in [5, 5.41) is 0. The third kappa shape index (κ3) is 5.87. The van der Waals surface area contributed by atoms with Crippen molar-refractivity contribution in [2.45, 2.75) is 0 Å². The van der Waals surface area contributed by atoms with Gasteiger partial charge in [-0.1, -0.05) is 0 Å². The maximum absolute atomic E-state index is 9.94. The first-order valence-electron chi connectivity index (χ1n) is 2.57. The molecule has 0 aliphatic heterocycles. The van der Waals surface area contributed by atoms with Crippen molar-refractivity contribution >= 4 is 10.1 Å². The molecule has 5 heteroatoms. The fourth-order valence-corrected chi connectivity index (χ4v) is 0.298. The van der Waals surface area contributed by atoms with E-state index in [0.29, 0.717) is 0 Å². The molecule has 0 aromatic carbocycles. The Morgan fingerprint density at radius 1 is 1.86 bits per heavy atom. The van der Waals surface area contributed by atoms with E-state index in [9.17, 15) is 8.42 Å². The van der Waals surface area contributed by atoms with Crippen molar-refractivity contribution in [3.63, 3.8) is 0 Å². The maximum Gasteiger partial charge on any atom is 0.266 e. The second kappa shape index (κ2) is 2.25. The van der Waals surface area contributed by atoms with Crippen LogP contribution in [-0.4, -0.2) is 25.2 Å². The average Bonchev–Trinajstić information content (AvgIpc) is 1.62. The van der Waals surface area contributed by atoms with Crippen molar-refractivity contribution in [3.8, 4) is 0 Å². The van der Waals surface area contributed by atoms with E-state index in [1.807, 2.05) is 0 Å². The van der Waals surface area contributed by atoms with E-state index in [0.717, 1.165) is 0 Å². The van der Waals surface area contributed by atoms with Gasteiger partial charge in [-0.15, -0.1) is 0 Å². The molecule has 0 aliphatic rings. The molecule has 0 spiro atoms. The molecule has 0 heterocycles. The summed E-state index contributed by atoms with van der Waals surface area (Å²) in [6, 6.07) is 0. The molecule has 2 unspecified atom stereocenters. The second-order valence-corrected chi connectivity index (χ2v) is 2.15. The van der Waals surface area contributed by atoms with E-state index in [1.165, 1.54) is 0 Å². The normalized spacial score (nSPS) is 24.9. The first kappa shape index (κ1) is 3.82. The van der Waals surface area contributed by atoms with Gasteiger partial charge in [-0.25, -0.2) is 0 Å². The Morgan fingerprint density at radius 3 is 2.29 bits per heavy atom. The van der Waals surface area contributed by atoms with Gasteiger partial charge in [0.25, 0.3) is 10.1 Å². The highest BCUT2D eigenvalue weighted by atomic mass is 32.2. The Morgan fingerprint density at radius 2 is 2.29 bits per heavy atom. The minimum absolute atomic E-state index is 1.61. The van der Waals surface area contributed by atoms with E-state index < -0.39 is 22.4 Å². The van der Waals surface area contributed by atoms with Crippen LogP contribution >= 0.6 is 0 Å². The van der Waals surface area contributed by atoms with Gasteiger partial charge in [-0.2, -0.15) is 8.42 Å². The lowest BCUT2D eigenvalue weighted by molar-refractivity contribution is 0.483. The van der Waals surface area contributed by atoms with Gasteiger partial charge in [0.15, 0.2) is 0 Å². The SMILES string of the molecule is [2H]C(N)C([2H])S(=O)(=O)O. The van der Waals surface area contributed by atoms with E-state index >= 15 is 0 Å². The number of rotatable bonds is 2. The third-order valence-corrected chi connectivity index (χ3v) is 0.752. The lowest BCUT2D eigenvalue weighted by atomic mass is 10.8. The molecule has 0 aromatic heterocycles. The van der Waals surface area contributed by atoms with Gasteiger partial charge >= 0.3 is 0 Å². The van der Waals surface area contributed by atoms with E-state index in [1.54, 1.807) is 0 Å². The van der Waals surface area contributed by atoms with Crippen molar-refractivity contribution < 1.29 is 15.7 Å². The Labute approximate surface area is 44.9 Å². The first-order chi connectivity index (χ1) is 3.85. The largest absolute Gasteiger partial charge is 0.329 e. The van der Waals surface area contributed by atoms with Crippen LogP contribution in [0.25, 0.3) is 0 Å². The van der Waals surface area contributed by atoms with Gasteiger partial charge in [-0.3, -0.25) is 4.55 Å². The summed E-state index contributed by atoms with van der Waals surface area (Å²) in [4.78, 5) is 0. The monoisotopic (exact) mass is 127 g/mol. The van der Waals surface area contributed by atoms with Crippen LogP contribution in [0.15, 0.2) is 0 Å². The van der Waals surface area contributed by atoms with E-state index in [4.69, 9.17) is 7.29 Å². The number of hydrogen-bond donors (Lipinski definition) is 2. The molecule has 0 saturated carbocycles. The summed E-state index contributed by atoms with van der Waals surface area (Å²) in [6.07, 6.45) is 0. The van der Waals surface area contributed by atoms with Gasteiger partial charge in [0.05, 0.1) is 5.73 Å². The molecule has 0 saturated heterocycles. The molecule has 0 radical (unpaired) electrons. The lowest BCUT2D eigenvalue weighted by Crippen LogP contribution is -2.13. The molecule has 7 heavy (non-hydrogen) atoms. The van der Waals surface area contributed by atoms with Gasteiger partial charge in [-0.05, 0) is 0 Å². The number of hydrogen-bond acceptors (Lipinski definition) is 3. The minimum atomic E-state index is -4.45. The van der Waals surface area contributed by atoms with Crippen LogP contribution in [0.3, 0.4) is 0 Å². The van der Waals surface area contributed by atoms with Crippen molar-refractivity contribution in [2.75, 3.05) is 12.2 Å². The van der Waals surface area contributed by atoms with E-state index in [2.05, 4.69) is 5.73 Å². The molecule has 0 aliphatic carbocycles. The van der Waals surface area contributed by atoms with Crippen molar-refractivity contribution in [2.24, 2.45) is 5.73 Å². The molecule has 0 rings (SSSR count). The van der Waals surface area contributed by atoms with Crippen molar-refractivity contribution in [1.29, 1.82) is 0 Å². The maximum atomic E-state index is 9.94. The summed E-state index contributed by atoms with van der Waals surface area (Å²) < 4.78 is 40.9.